The van der Waals surface area contributed by atoms with Crippen LogP contribution in [0.3, 0.4) is 0 Å². The van der Waals surface area contributed by atoms with Gasteiger partial charge in [0.05, 0.1) is 61.5 Å². The van der Waals surface area contributed by atoms with Crippen molar-refractivity contribution in [3.05, 3.63) is 72.8 Å². The van der Waals surface area contributed by atoms with Gasteiger partial charge in [-0.2, -0.15) is 0 Å². The van der Waals surface area contributed by atoms with Crippen molar-refractivity contribution in [3.8, 4) is 33.9 Å². The molecule has 58 heavy (non-hydrogen) atoms. The summed E-state index contributed by atoms with van der Waals surface area (Å²) in [5, 5.41) is 7.33. The number of fused-ring (bicyclic) bond motifs is 1. The highest BCUT2D eigenvalue weighted by Crippen LogP contribution is 2.35. The molecule has 5 aromatic rings. The second-order valence-electron chi connectivity index (χ2n) is 15.5. The van der Waals surface area contributed by atoms with Gasteiger partial charge >= 0.3 is 12.2 Å². The van der Waals surface area contributed by atoms with Crippen molar-refractivity contribution in [2.24, 2.45) is 11.8 Å². The van der Waals surface area contributed by atoms with Crippen molar-refractivity contribution >= 4 is 34.8 Å². The third-order valence-corrected chi connectivity index (χ3v) is 11.0. The Hall–Kier alpha value is -6.32. The van der Waals surface area contributed by atoms with Crippen molar-refractivity contribution < 1.29 is 28.7 Å². The number of nitrogens with one attached hydrogen (secondary N) is 4. The van der Waals surface area contributed by atoms with Crippen LogP contribution in [-0.4, -0.2) is 103 Å². The van der Waals surface area contributed by atoms with Gasteiger partial charge in [-0.1, -0.05) is 39.8 Å². The number of rotatable bonds is 11. The van der Waals surface area contributed by atoms with Crippen molar-refractivity contribution in [1.82, 2.24) is 50.3 Å². The second kappa shape index (κ2) is 17.0. The molecular weight excluding hydrogens is 741 g/mol. The van der Waals surface area contributed by atoms with Gasteiger partial charge in [-0.25, -0.2) is 19.6 Å². The maximum atomic E-state index is 13.6. The molecule has 6 heterocycles. The first kappa shape index (κ1) is 39.9. The van der Waals surface area contributed by atoms with Crippen LogP contribution in [0, 0.1) is 11.8 Å². The number of H-pyrrole nitrogens is 2. The number of alkyl carbamates (subject to hydrolysis) is 2. The Morgan fingerprint density at radius 1 is 0.638 bits per heavy atom. The van der Waals surface area contributed by atoms with E-state index in [0.29, 0.717) is 24.7 Å². The van der Waals surface area contributed by atoms with Crippen LogP contribution < -0.4 is 10.6 Å². The predicted molar refractivity (Wildman–Crippen MR) is 216 cm³/mol. The molecule has 7 rings (SSSR count). The van der Waals surface area contributed by atoms with E-state index in [1.165, 1.54) is 14.2 Å². The minimum absolute atomic E-state index is 0.115. The van der Waals surface area contributed by atoms with Crippen LogP contribution >= 0.6 is 0 Å². The summed E-state index contributed by atoms with van der Waals surface area (Å²) < 4.78 is 9.51. The van der Waals surface area contributed by atoms with E-state index in [9.17, 15) is 19.2 Å². The van der Waals surface area contributed by atoms with Crippen molar-refractivity contribution in [2.45, 2.75) is 77.5 Å². The van der Waals surface area contributed by atoms with Gasteiger partial charge in [-0.15, -0.1) is 0 Å². The Morgan fingerprint density at radius 2 is 1.16 bits per heavy atom. The number of amides is 4. The summed E-state index contributed by atoms with van der Waals surface area (Å²) in [6, 6.07) is 10.2. The number of hydrogen-bond donors (Lipinski definition) is 4. The molecular formula is C42H50N10O6. The van der Waals surface area contributed by atoms with Gasteiger partial charge in [0.15, 0.2) is 0 Å². The molecule has 16 nitrogen and oxygen atoms in total. The Balaban J connectivity index is 1.02. The summed E-state index contributed by atoms with van der Waals surface area (Å²) in [5.41, 5.74) is 4.84. The monoisotopic (exact) mass is 790 g/mol. The molecule has 2 saturated heterocycles. The number of methoxy groups -OCH3 is 2. The zero-order valence-corrected chi connectivity index (χ0v) is 33.6. The number of carbonyl (C=O) groups excluding carboxylic acids is 4. The fourth-order valence-corrected chi connectivity index (χ4v) is 7.85. The second-order valence-corrected chi connectivity index (χ2v) is 15.5. The Morgan fingerprint density at radius 3 is 1.66 bits per heavy atom. The fourth-order valence-electron chi connectivity index (χ4n) is 7.85. The van der Waals surface area contributed by atoms with E-state index in [2.05, 4.69) is 36.6 Å². The quantitative estimate of drug-likeness (QED) is 0.120. The zero-order chi connectivity index (χ0) is 41.1. The molecule has 0 saturated carbocycles. The molecule has 2 aliphatic heterocycles. The number of likely N-dealkylation sites (tertiary alicyclic amines) is 2. The normalized spacial score (nSPS) is 17.8. The third kappa shape index (κ3) is 8.22. The third-order valence-electron chi connectivity index (χ3n) is 11.0. The van der Waals surface area contributed by atoms with Crippen LogP contribution in [-0.2, 0) is 19.1 Å². The number of hydrogen-bond acceptors (Lipinski definition) is 10. The molecule has 304 valence electrons. The number of carbonyl (C=O) groups is 4. The van der Waals surface area contributed by atoms with Crippen molar-refractivity contribution in [3.63, 3.8) is 0 Å². The predicted octanol–water partition coefficient (Wildman–Crippen LogP) is 6.17. The van der Waals surface area contributed by atoms with E-state index in [1.807, 2.05) is 64.2 Å². The SMILES string of the molecule is COC(=O)N[C@H](C(=O)N1CCC[C@H]1c1ncc(-c2ccc(-c3cc4ccc(-c5cnc([C@@H]6CCCN6C(=O)[C@@H](NC(=O)OC)C(C)C)[nH]5)cc4cn3)nc2)[nH]1)C(C)C. The van der Waals surface area contributed by atoms with Gasteiger partial charge in [-0.05, 0) is 67.2 Å². The molecule has 1 aromatic carbocycles. The lowest BCUT2D eigenvalue weighted by molar-refractivity contribution is -0.136. The number of ether oxygens (including phenoxy) is 2. The van der Waals surface area contributed by atoms with Crippen LogP contribution in [0.2, 0.25) is 0 Å². The smallest absolute Gasteiger partial charge is 0.407 e. The van der Waals surface area contributed by atoms with E-state index < -0.39 is 24.3 Å². The summed E-state index contributed by atoms with van der Waals surface area (Å²) in [4.78, 5) is 80.3. The van der Waals surface area contributed by atoms with Crippen molar-refractivity contribution in [2.75, 3.05) is 27.3 Å². The van der Waals surface area contributed by atoms with Crippen LogP contribution in [0.4, 0.5) is 9.59 Å². The summed E-state index contributed by atoms with van der Waals surface area (Å²) in [5.74, 6) is 0.852. The lowest BCUT2D eigenvalue weighted by Gasteiger charge is -2.30. The minimum Gasteiger partial charge on any atom is -0.453 e. The molecule has 4 atom stereocenters. The topological polar surface area (TPSA) is 200 Å². The lowest BCUT2D eigenvalue weighted by atomic mass is 10.0. The van der Waals surface area contributed by atoms with E-state index in [-0.39, 0.29) is 35.7 Å². The van der Waals surface area contributed by atoms with Gasteiger partial charge < -0.3 is 39.9 Å². The van der Waals surface area contributed by atoms with E-state index >= 15 is 0 Å². The molecule has 0 aliphatic carbocycles. The number of benzene rings is 1. The molecule has 16 heteroatoms. The first-order valence-corrected chi connectivity index (χ1v) is 19.7. The van der Waals surface area contributed by atoms with Gasteiger partial charge in [-0.3, -0.25) is 19.6 Å². The molecule has 0 spiro atoms. The van der Waals surface area contributed by atoms with Crippen LogP contribution in [0.15, 0.2) is 61.2 Å². The van der Waals surface area contributed by atoms with Crippen LogP contribution in [0.5, 0.6) is 0 Å². The largest absolute Gasteiger partial charge is 0.453 e. The summed E-state index contributed by atoms with van der Waals surface area (Å²) in [6.07, 6.45) is 9.08. The molecule has 4 amide bonds. The molecule has 0 radical (unpaired) electrons. The summed E-state index contributed by atoms with van der Waals surface area (Å²) in [6.45, 7) is 8.73. The molecule has 2 fully saturated rings. The van der Waals surface area contributed by atoms with Crippen LogP contribution in [0.25, 0.3) is 44.7 Å². The number of aromatic nitrogens is 6. The molecule has 4 aromatic heterocycles. The van der Waals surface area contributed by atoms with E-state index in [1.54, 1.807) is 28.4 Å². The summed E-state index contributed by atoms with van der Waals surface area (Å²) in [7, 11) is 2.57. The average molecular weight is 791 g/mol. The number of nitrogens with zero attached hydrogens (tertiary/aromatic N) is 6. The highest BCUT2D eigenvalue weighted by Gasteiger charge is 2.39. The number of imidazole rings is 2. The zero-order valence-electron chi connectivity index (χ0n) is 33.6. The van der Waals surface area contributed by atoms with Gasteiger partial charge in [0.1, 0.15) is 23.7 Å². The molecule has 4 N–H and O–H groups in total. The Kier molecular flexibility index (Phi) is 11.7. The number of aromatic amines is 2. The van der Waals surface area contributed by atoms with Gasteiger partial charge in [0.2, 0.25) is 11.8 Å². The molecule has 2 aliphatic rings. The average Bonchev–Trinajstić information content (AvgIpc) is 4.07. The maximum Gasteiger partial charge on any atom is 0.407 e. The Bertz CT molecular complexity index is 2290. The molecule has 0 bridgehead atoms. The highest BCUT2D eigenvalue weighted by molar-refractivity contribution is 5.89. The lowest BCUT2D eigenvalue weighted by Crippen LogP contribution is -2.51. The first-order valence-electron chi connectivity index (χ1n) is 19.7. The first-order chi connectivity index (χ1) is 27.9. The molecule has 0 unspecified atom stereocenters. The Labute approximate surface area is 336 Å². The maximum absolute atomic E-state index is 13.6. The number of pyridine rings is 2. The van der Waals surface area contributed by atoms with E-state index in [4.69, 9.17) is 19.4 Å². The van der Waals surface area contributed by atoms with Gasteiger partial charge in [0.25, 0.3) is 0 Å². The minimum atomic E-state index is -0.703. The van der Waals surface area contributed by atoms with Crippen molar-refractivity contribution in [1.29, 1.82) is 0 Å². The van der Waals surface area contributed by atoms with Gasteiger partial charge in [0, 0.05) is 42.0 Å². The standard InChI is InChI=1S/C42H50N10O6/c1-23(2)35(49-41(55)57-5)39(53)51-15-7-9-33(51)37-45-21-31(47-37)26-12-11-25-18-30(44-20-28(25)17-26)29-14-13-27(19-43-29)32-22-46-38(48-32)34-10-8-16-52(34)40(54)36(24(3)4)50-42(56)58-6/h11-14,17-24,33-36H,7-10,15-16H2,1-6H3,(H,45,47)(H,46,48)(H,49,55)(H,50,56)/t33-,34-,35-,36-/m0/s1. The fraction of sp³-hybridized carbons (Fsp3) is 0.429. The highest BCUT2D eigenvalue weighted by atomic mass is 16.5. The van der Waals surface area contributed by atoms with E-state index in [0.717, 1.165) is 70.4 Å². The van der Waals surface area contributed by atoms with Crippen LogP contribution in [0.1, 0.15) is 77.1 Å². The summed E-state index contributed by atoms with van der Waals surface area (Å²) >= 11 is 0.